The highest BCUT2D eigenvalue weighted by molar-refractivity contribution is 7.71. The molecule has 3 rings (SSSR count). The van der Waals surface area contributed by atoms with Crippen molar-refractivity contribution >= 4 is 23.4 Å². The molecule has 2 heterocycles. The summed E-state index contributed by atoms with van der Waals surface area (Å²) in [7, 11) is 1.85. The number of nitrogens with zero attached hydrogens (tertiary/aromatic N) is 3. The molecule has 96 valence electrons. The van der Waals surface area contributed by atoms with Crippen LogP contribution in [0.2, 0.25) is 0 Å². The molecule has 0 spiro atoms. The molecular weight excluding hydrogens is 260 g/mol. The largest absolute Gasteiger partial charge is 0.328 e. The van der Waals surface area contributed by atoms with Crippen molar-refractivity contribution in [3.63, 3.8) is 0 Å². The molecule has 1 N–H and O–H groups in total. The Bertz CT molecular complexity index is 844. The van der Waals surface area contributed by atoms with Crippen LogP contribution in [0, 0.1) is 4.64 Å². The number of rotatable bonds is 2. The van der Waals surface area contributed by atoms with Crippen molar-refractivity contribution in [2.75, 3.05) is 0 Å². The third kappa shape index (κ3) is 2.00. The lowest BCUT2D eigenvalue weighted by Crippen LogP contribution is -2.25. The van der Waals surface area contributed by atoms with Crippen LogP contribution in [0.4, 0.5) is 0 Å². The van der Waals surface area contributed by atoms with Gasteiger partial charge in [-0.2, -0.15) is 0 Å². The van der Waals surface area contributed by atoms with E-state index in [4.69, 9.17) is 12.2 Å². The van der Waals surface area contributed by atoms with Gasteiger partial charge >= 0.3 is 5.69 Å². The van der Waals surface area contributed by atoms with Gasteiger partial charge < -0.3 is 4.57 Å². The summed E-state index contributed by atoms with van der Waals surface area (Å²) in [6.07, 6.45) is 1.66. The third-order valence-electron chi connectivity index (χ3n) is 3.03. The molecule has 0 amide bonds. The van der Waals surface area contributed by atoms with Crippen LogP contribution in [0.1, 0.15) is 5.56 Å². The second kappa shape index (κ2) is 4.47. The van der Waals surface area contributed by atoms with Gasteiger partial charge in [0.05, 0.1) is 12.9 Å². The Labute approximate surface area is 114 Å². The lowest BCUT2D eigenvalue weighted by molar-refractivity contribution is 0.729. The van der Waals surface area contributed by atoms with Gasteiger partial charge in [-0.25, -0.2) is 9.78 Å². The van der Waals surface area contributed by atoms with E-state index < -0.39 is 0 Å². The highest BCUT2D eigenvalue weighted by atomic mass is 32.1. The maximum Gasteiger partial charge on any atom is 0.328 e. The zero-order valence-electron chi connectivity index (χ0n) is 10.3. The molecule has 1 aromatic carbocycles. The van der Waals surface area contributed by atoms with E-state index in [1.54, 1.807) is 10.9 Å². The van der Waals surface area contributed by atoms with Gasteiger partial charge in [0, 0.05) is 7.05 Å². The molecule has 0 bridgehead atoms. The second-order valence-electron chi connectivity index (χ2n) is 4.36. The van der Waals surface area contributed by atoms with Gasteiger partial charge in [0.15, 0.2) is 0 Å². The zero-order valence-corrected chi connectivity index (χ0v) is 11.1. The molecule has 0 aliphatic rings. The summed E-state index contributed by atoms with van der Waals surface area (Å²) in [5, 5.41) is 0. The van der Waals surface area contributed by atoms with Crippen LogP contribution < -0.4 is 5.69 Å². The van der Waals surface area contributed by atoms with Crippen LogP contribution in [0.5, 0.6) is 0 Å². The minimum absolute atomic E-state index is 0.218. The van der Waals surface area contributed by atoms with E-state index in [1.165, 1.54) is 0 Å². The fourth-order valence-electron chi connectivity index (χ4n) is 2.13. The molecule has 0 unspecified atom stereocenters. The van der Waals surface area contributed by atoms with Crippen LogP contribution in [0.25, 0.3) is 11.2 Å². The minimum Gasteiger partial charge on any atom is -0.320 e. The Morgan fingerprint density at radius 3 is 2.79 bits per heavy atom. The number of fused-ring (bicyclic) bond motifs is 1. The smallest absolute Gasteiger partial charge is 0.320 e. The molecule has 0 radical (unpaired) electrons. The summed E-state index contributed by atoms with van der Waals surface area (Å²) in [4.78, 5) is 19.0. The predicted molar refractivity (Wildman–Crippen MR) is 75.7 cm³/mol. The van der Waals surface area contributed by atoms with Crippen molar-refractivity contribution in [1.29, 1.82) is 0 Å². The SMILES string of the molecule is Cn1cnc2c(=S)[nH]c(=O)n(Cc3ccccc3)c21. The van der Waals surface area contributed by atoms with Gasteiger partial charge in [0.1, 0.15) is 15.8 Å². The molecule has 0 saturated carbocycles. The second-order valence-corrected chi connectivity index (χ2v) is 4.77. The van der Waals surface area contributed by atoms with E-state index in [1.807, 2.05) is 41.9 Å². The lowest BCUT2D eigenvalue weighted by Gasteiger charge is -2.08. The molecule has 0 fully saturated rings. The fraction of sp³-hybridized carbons (Fsp3) is 0.154. The van der Waals surface area contributed by atoms with Crippen molar-refractivity contribution in [2.45, 2.75) is 6.54 Å². The Kier molecular flexibility index (Phi) is 2.79. The Morgan fingerprint density at radius 2 is 2.05 bits per heavy atom. The summed E-state index contributed by atoms with van der Waals surface area (Å²) >= 11 is 5.13. The van der Waals surface area contributed by atoms with Gasteiger partial charge in [-0.05, 0) is 5.56 Å². The topological polar surface area (TPSA) is 55.6 Å². The van der Waals surface area contributed by atoms with Crippen LogP contribution in [0.3, 0.4) is 0 Å². The van der Waals surface area contributed by atoms with Crippen molar-refractivity contribution in [2.24, 2.45) is 7.05 Å². The lowest BCUT2D eigenvalue weighted by atomic mass is 10.2. The predicted octanol–water partition coefficient (Wildman–Crippen LogP) is 1.84. The maximum atomic E-state index is 12.1. The number of imidazole rings is 1. The number of aromatic amines is 1. The number of hydrogen-bond acceptors (Lipinski definition) is 3. The van der Waals surface area contributed by atoms with Crippen LogP contribution in [-0.4, -0.2) is 19.1 Å². The van der Waals surface area contributed by atoms with E-state index in [-0.39, 0.29) is 5.69 Å². The summed E-state index contributed by atoms with van der Waals surface area (Å²) in [5.41, 5.74) is 2.22. The quantitative estimate of drug-likeness (QED) is 0.724. The molecule has 0 aliphatic carbocycles. The highest BCUT2D eigenvalue weighted by Crippen LogP contribution is 2.11. The van der Waals surface area contributed by atoms with E-state index in [0.29, 0.717) is 16.7 Å². The highest BCUT2D eigenvalue weighted by Gasteiger charge is 2.10. The number of aromatic nitrogens is 4. The minimum atomic E-state index is -0.218. The van der Waals surface area contributed by atoms with Gasteiger partial charge in [-0.15, -0.1) is 0 Å². The van der Waals surface area contributed by atoms with E-state index in [2.05, 4.69) is 9.97 Å². The number of hydrogen-bond donors (Lipinski definition) is 1. The van der Waals surface area contributed by atoms with Crippen molar-refractivity contribution < 1.29 is 0 Å². The first-order valence-electron chi connectivity index (χ1n) is 5.85. The zero-order chi connectivity index (χ0) is 13.4. The van der Waals surface area contributed by atoms with E-state index in [9.17, 15) is 4.79 Å². The molecule has 5 nitrogen and oxygen atoms in total. The summed E-state index contributed by atoms with van der Waals surface area (Å²) in [6.45, 7) is 0.488. The van der Waals surface area contributed by atoms with E-state index in [0.717, 1.165) is 11.2 Å². The summed E-state index contributed by atoms with van der Waals surface area (Å²) in [6, 6.07) is 9.81. The maximum absolute atomic E-state index is 12.1. The molecule has 2 aromatic heterocycles. The molecule has 0 saturated heterocycles. The molecule has 19 heavy (non-hydrogen) atoms. The molecule has 3 aromatic rings. The Hall–Kier alpha value is -2.21. The Morgan fingerprint density at radius 1 is 1.32 bits per heavy atom. The van der Waals surface area contributed by atoms with Gasteiger partial charge in [-0.3, -0.25) is 9.55 Å². The first kappa shape index (κ1) is 11.9. The van der Waals surface area contributed by atoms with Gasteiger partial charge in [0.2, 0.25) is 0 Å². The van der Waals surface area contributed by atoms with Crippen LogP contribution in [0.15, 0.2) is 41.5 Å². The number of nitrogens with one attached hydrogen (secondary N) is 1. The average molecular weight is 272 g/mol. The summed E-state index contributed by atoms with van der Waals surface area (Å²) in [5.74, 6) is 0. The van der Waals surface area contributed by atoms with Crippen molar-refractivity contribution in [3.05, 3.63) is 57.3 Å². The number of H-pyrrole nitrogens is 1. The standard InChI is InChI=1S/C13H12N4OS/c1-16-8-14-10-11(19)15-13(18)17(12(10)16)7-9-5-3-2-4-6-9/h2-6,8H,7H2,1H3,(H,15,18,19). The van der Waals surface area contributed by atoms with Crippen molar-refractivity contribution in [1.82, 2.24) is 19.1 Å². The molecule has 0 aliphatic heterocycles. The normalized spacial score (nSPS) is 11.0. The molecule has 6 heteroatoms. The molecule has 0 atom stereocenters. The van der Waals surface area contributed by atoms with Gasteiger partial charge in [-0.1, -0.05) is 42.5 Å². The monoisotopic (exact) mass is 272 g/mol. The van der Waals surface area contributed by atoms with E-state index >= 15 is 0 Å². The number of aryl methyl sites for hydroxylation is 1. The van der Waals surface area contributed by atoms with Crippen LogP contribution >= 0.6 is 12.2 Å². The van der Waals surface area contributed by atoms with Gasteiger partial charge in [0.25, 0.3) is 0 Å². The number of benzene rings is 1. The average Bonchev–Trinajstić information content (AvgIpc) is 2.78. The first-order chi connectivity index (χ1) is 9.16. The Balaban J connectivity index is 2.26. The molecular formula is C13H12N4OS. The third-order valence-corrected chi connectivity index (χ3v) is 3.32. The summed E-state index contributed by atoms with van der Waals surface area (Å²) < 4.78 is 3.83. The fourth-order valence-corrected chi connectivity index (χ4v) is 2.37. The first-order valence-corrected chi connectivity index (χ1v) is 6.25. The van der Waals surface area contributed by atoms with Crippen molar-refractivity contribution in [3.8, 4) is 0 Å². The van der Waals surface area contributed by atoms with Crippen LogP contribution in [-0.2, 0) is 13.6 Å².